The van der Waals surface area contributed by atoms with Crippen LogP contribution >= 0.6 is 39.1 Å². The molecule has 110 valence electrons. The largest absolute Gasteiger partial charge is 0.370 e. The molecule has 6 heteroatoms. The Balaban J connectivity index is 2.32. The number of rotatable bonds is 4. The summed E-state index contributed by atoms with van der Waals surface area (Å²) < 4.78 is 0.735. The molecule has 0 bridgehead atoms. The Morgan fingerprint density at radius 3 is 2.48 bits per heavy atom. The molecule has 0 heterocycles. The zero-order valence-electron chi connectivity index (χ0n) is 11.2. The molecule has 2 aromatic carbocycles. The summed E-state index contributed by atoms with van der Waals surface area (Å²) in [5.41, 5.74) is 7.87. The van der Waals surface area contributed by atoms with E-state index in [4.69, 9.17) is 28.9 Å². The molecule has 0 aromatic heterocycles. The van der Waals surface area contributed by atoms with Crippen molar-refractivity contribution in [1.82, 2.24) is 0 Å². The number of benzene rings is 2. The fourth-order valence-electron chi connectivity index (χ4n) is 1.86. The van der Waals surface area contributed by atoms with Gasteiger partial charge >= 0.3 is 0 Å². The van der Waals surface area contributed by atoms with Gasteiger partial charge in [-0.1, -0.05) is 35.3 Å². The summed E-state index contributed by atoms with van der Waals surface area (Å²) in [7, 11) is 0. The third-order valence-corrected chi connectivity index (χ3v) is 4.67. The van der Waals surface area contributed by atoms with E-state index >= 15 is 0 Å². The van der Waals surface area contributed by atoms with Gasteiger partial charge in [0.15, 0.2) is 0 Å². The summed E-state index contributed by atoms with van der Waals surface area (Å²) in [5, 5.41) is 4.28. The molecule has 2 aromatic rings. The normalized spacial score (nSPS) is 12.0. The van der Waals surface area contributed by atoms with Crippen molar-refractivity contribution in [3.05, 3.63) is 62.0 Å². The van der Waals surface area contributed by atoms with Gasteiger partial charge in [0.2, 0.25) is 5.91 Å². The maximum Gasteiger partial charge on any atom is 0.244 e. The molecule has 2 rings (SSSR count). The first-order chi connectivity index (χ1) is 9.88. The smallest absolute Gasteiger partial charge is 0.244 e. The number of halogens is 3. The molecular formula is C15H13BrCl2N2O. The predicted octanol–water partition coefficient (Wildman–Crippen LogP) is 4.70. The number of primary amides is 1. The quantitative estimate of drug-likeness (QED) is 0.798. The summed E-state index contributed by atoms with van der Waals surface area (Å²) >= 11 is 15.4. The molecule has 0 saturated carbocycles. The minimum atomic E-state index is -0.670. The molecule has 0 aliphatic heterocycles. The van der Waals surface area contributed by atoms with E-state index in [0.717, 1.165) is 15.7 Å². The van der Waals surface area contributed by atoms with E-state index in [1.165, 1.54) is 0 Å². The molecule has 1 amide bonds. The number of nitrogens with two attached hydrogens (primary N) is 1. The molecule has 0 saturated heterocycles. The van der Waals surface area contributed by atoms with Gasteiger partial charge in [-0.3, -0.25) is 4.79 Å². The van der Waals surface area contributed by atoms with Crippen LogP contribution in [-0.2, 0) is 4.79 Å². The van der Waals surface area contributed by atoms with Gasteiger partial charge in [-0.25, -0.2) is 0 Å². The number of hydrogen-bond acceptors (Lipinski definition) is 2. The number of carbonyl (C=O) groups excluding carboxylic acids is 1. The van der Waals surface area contributed by atoms with Gasteiger partial charge in [0.25, 0.3) is 0 Å². The monoisotopic (exact) mass is 386 g/mol. The highest BCUT2D eigenvalue weighted by molar-refractivity contribution is 9.10. The topological polar surface area (TPSA) is 55.1 Å². The molecule has 0 spiro atoms. The first kappa shape index (κ1) is 16.1. The molecule has 0 radical (unpaired) electrons. The third kappa shape index (κ3) is 3.90. The van der Waals surface area contributed by atoms with Crippen molar-refractivity contribution in [3.63, 3.8) is 0 Å². The SMILES string of the molecule is Cc1ccc(C(Nc2ccc(Cl)c(Br)c2)C(N)=O)cc1Cl. The summed E-state index contributed by atoms with van der Waals surface area (Å²) in [6, 6.07) is 10.0. The molecule has 1 unspecified atom stereocenters. The standard InChI is InChI=1S/C15H13BrCl2N2O/c1-8-2-3-9(6-13(8)18)14(15(19)21)20-10-4-5-12(17)11(16)7-10/h2-7,14,20H,1H3,(H2,19,21). The molecule has 0 fully saturated rings. The van der Waals surface area contributed by atoms with Gasteiger partial charge in [-0.15, -0.1) is 0 Å². The molecular weight excluding hydrogens is 375 g/mol. The Labute approximate surface area is 141 Å². The van der Waals surface area contributed by atoms with Crippen LogP contribution in [0.3, 0.4) is 0 Å². The Morgan fingerprint density at radius 2 is 1.90 bits per heavy atom. The third-order valence-electron chi connectivity index (χ3n) is 3.04. The molecule has 0 aliphatic rings. The fraction of sp³-hybridized carbons (Fsp3) is 0.133. The summed E-state index contributed by atoms with van der Waals surface area (Å²) in [4.78, 5) is 11.7. The minimum absolute atomic E-state index is 0.485. The van der Waals surface area contributed by atoms with E-state index < -0.39 is 11.9 Å². The summed E-state index contributed by atoms with van der Waals surface area (Å²) in [6.45, 7) is 1.90. The van der Waals surface area contributed by atoms with Crippen LogP contribution in [0.15, 0.2) is 40.9 Å². The van der Waals surface area contributed by atoms with Crippen LogP contribution in [0.1, 0.15) is 17.2 Å². The fourth-order valence-corrected chi connectivity index (χ4v) is 2.55. The van der Waals surface area contributed by atoms with Crippen LogP contribution in [0.25, 0.3) is 0 Å². The van der Waals surface area contributed by atoms with Crippen LogP contribution in [0, 0.1) is 6.92 Å². The van der Waals surface area contributed by atoms with E-state index in [9.17, 15) is 4.79 Å². The molecule has 0 aliphatic carbocycles. The second-order valence-corrected chi connectivity index (χ2v) is 6.29. The number of carbonyl (C=O) groups is 1. The van der Waals surface area contributed by atoms with E-state index in [-0.39, 0.29) is 0 Å². The lowest BCUT2D eigenvalue weighted by atomic mass is 10.0. The van der Waals surface area contributed by atoms with Gasteiger partial charge in [0.1, 0.15) is 6.04 Å². The van der Waals surface area contributed by atoms with Crippen LogP contribution in [0.4, 0.5) is 5.69 Å². The second kappa shape index (κ2) is 6.69. The van der Waals surface area contributed by atoms with Crippen LogP contribution < -0.4 is 11.1 Å². The Hall–Kier alpha value is -1.23. The zero-order valence-corrected chi connectivity index (χ0v) is 14.3. The zero-order chi connectivity index (χ0) is 15.6. The number of nitrogens with one attached hydrogen (secondary N) is 1. The number of hydrogen-bond donors (Lipinski definition) is 2. The number of amides is 1. The molecule has 1 atom stereocenters. The van der Waals surface area contributed by atoms with Gasteiger partial charge in [-0.2, -0.15) is 0 Å². The average molecular weight is 388 g/mol. The lowest BCUT2D eigenvalue weighted by Gasteiger charge is -2.18. The highest BCUT2D eigenvalue weighted by Crippen LogP contribution is 2.29. The van der Waals surface area contributed by atoms with Crippen molar-refractivity contribution in [3.8, 4) is 0 Å². The predicted molar refractivity (Wildman–Crippen MR) is 90.9 cm³/mol. The number of aryl methyl sites for hydroxylation is 1. The van der Waals surface area contributed by atoms with Gasteiger partial charge < -0.3 is 11.1 Å². The first-order valence-electron chi connectivity index (χ1n) is 6.15. The maximum absolute atomic E-state index is 11.7. The van der Waals surface area contributed by atoms with E-state index in [1.807, 2.05) is 19.1 Å². The van der Waals surface area contributed by atoms with Gasteiger partial charge in [0.05, 0.1) is 5.02 Å². The highest BCUT2D eigenvalue weighted by atomic mass is 79.9. The van der Waals surface area contributed by atoms with Crippen molar-refractivity contribution >= 4 is 50.7 Å². The van der Waals surface area contributed by atoms with Crippen molar-refractivity contribution in [2.24, 2.45) is 5.73 Å². The van der Waals surface area contributed by atoms with E-state index in [0.29, 0.717) is 15.6 Å². The van der Waals surface area contributed by atoms with Crippen LogP contribution in [0.2, 0.25) is 10.0 Å². The maximum atomic E-state index is 11.7. The van der Waals surface area contributed by atoms with E-state index in [1.54, 1.807) is 24.3 Å². The van der Waals surface area contributed by atoms with Crippen molar-refractivity contribution < 1.29 is 4.79 Å². The molecule has 3 nitrogen and oxygen atoms in total. The van der Waals surface area contributed by atoms with Crippen LogP contribution in [0.5, 0.6) is 0 Å². The van der Waals surface area contributed by atoms with Crippen molar-refractivity contribution in [1.29, 1.82) is 0 Å². The van der Waals surface area contributed by atoms with Crippen molar-refractivity contribution in [2.75, 3.05) is 5.32 Å². The van der Waals surface area contributed by atoms with Gasteiger partial charge in [0, 0.05) is 15.2 Å². The van der Waals surface area contributed by atoms with Crippen molar-refractivity contribution in [2.45, 2.75) is 13.0 Å². The summed E-state index contributed by atoms with van der Waals surface area (Å²) in [5.74, 6) is -0.485. The Morgan fingerprint density at radius 1 is 1.19 bits per heavy atom. The number of anilines is 1. The summed E-state index contributed by atoms with van der Waals surface area (Å²) in [6.07, 6.45) is 0. The Kier molecular flexibility index (Phi) is 5.14. The molecule has 3 N–H and O–H groups in total. The average Bonchev–Trinajstić information content (AvgIpc) is 2.43. The van der Waals surface area contributed by atoms with E-state index in [2.05, 4.69) is 21.2 Å². The lowest BCUT2D eigenvalue weighted by molar-refractivity contribution is -0.118. The minimum Gasteiger partial charge on any atom is -0.370 e. The Bertz CT molecular complexity index is 691. The second-order valence-electron chi connectivity index (χ2n) is 4.62. The van der Waals surface area contributed by atoms with Crippen LogP contribution in [-0.4, -0.2) is 5.91 Å². The van der Waals surface area contributed by atoms with Gasteiger partial charge in [-0.05, 0) is 58.2 Å². The lowest BCUT2D eigenvalue weighted by Crippen LogP contribution is -2.27. The highest BCUT2D eigenvalue weighted by Gasteiger charge is 2.18. The first-order valence-corrected chi connectivity index (χ1v) is 7.70. The molecule has 21 heavy (non-hydrogen) atoms.